The first kappa shape index (κ1) is 14.2. The Kier molecular flexibility index (Phi) is 3.34. The highest BCUT2D eigenvalue weighted by atomic mass is 35.5. The van der Waals surface area contributed by atoms with E-state index in [1.165, 1.54) is 6.07 Å². The minimum atomic E-state index is -4.55. The number of para-hydroxylation sites is 2. The fourth-order valence-corrected chi connectivity index (χ4v) is 2.72. The van der Waals surface area contributed by atoms with E-state index < -0.39 is 16.8 Å². The maximum Gasteiger partial charge on any atom is 0.417 e. The molecule has 3 aromatic rings. The molecule has 0 aliphatic rings. The predicted octanol–water partition coefficient (Wildman–Crippen LogP) is 5.56. The van der Waals surface area contributed by atoms with Gasteiger partial charge in [0.15, 0.2) is 0 Å². The normalized spacial score (nSPS) is 12.0. The van der Waals surface area contributed by atoms with Crippen molar-refractivity contribution in [3.05, 3.63) is 52.0 Å². The fourth-order valence-electron chi connectivity index (χ4n) is 2.06. The Hall–Kier alpha value is -1.72. The van der Waals surface area contributed by atoms with Crippen molar-refractivity contribution in [1.82, 2.24) is 9.97 Å². The molecule has 0 aliphatic heterocycles. The molecule has 21 heavy (non-hydrogen) atoms. The third kappa shape index (κ3) is 2.47. The summed E-state index contributed by atoms with van der Waals surface area (Å²) < 4.78 is 38.8. The smallest absolute Gasteiger partial charge is 0.338 e. The zero-order valence-corrected chi connectivity index (χ0v) is 11.8. The summed E-state index contributed by atoms with van der Waals surface area (Å²) in [4.78, 5) is 7.16. The van der Waals surface area contributed by atoms with E-state index >= 15 is 0 Å². The molecule has 0 amide bonds. The van der Waals surface area contributed by atoms with Gasteiger partial charge in [-0.3, -0.25) is 0 Å². The number of nitrogens with zero attached hydrogens (tertiary/aromatic N) is 1. The van der Waals surface area contributed by atoms with Crippen molar-refractivity contribution in [2.45, 2.75) is 6.18 Å². The Labute approximate surface area is 127 Å². The number of rotatable bonds is 1. The molecule has 2 nitrogen and oxygen atoms in total. The highest BCUT2D eigenvalue weighted by Gasteiger charge is 2.35. The molecule has 0 saturated heterocycles. The zero-order chi connectivity index (χ0) is 15.2. The van der Waals surface area contributed by atoms with Gasteiger partial charge in [-0.05, 0) is 24.3 Å². The molecule has 0 aliphatic carbocycles. The topological polar surface area (TPSA) is 28.7 Å². The van der Waals surface area contributed by atoms with Gasteiger partial charge in [0.2, 0.25) is 0 Å². The summed E-state index contributed by atoms with van der Waals surface area (Å²) in [6.45, 7) is 0. The highest BCUT2D eigenvalue weighted by molar-refractivity contribution is 6.39. The van der Waals surface area contributed by atoms with Gasteiger partial charge >= 0.3 is 6.18 Å². The molecule has 0 spiro atoms. The molecule has 0 radical (unpaired) electrons. The summed E-state index contributed by atoms with van der Waals surface area (Å²) in [6, 6.07) is 9.10. The van der Waals surface area contributed by atoms with Gasteiger partial charge in [0.25, 0.3) is 0 Å². The van der Waals surface area contributed by atoms with Crippen LogP contribution in [0.5, 0.6) is 0 Å². The number of alkyl halides is 3. The van der Waals surface area contributed by atoms with E-state index in [2.05, 4.69) is 9.97 Å². The van der Waals surface area contributed by atoms with Gasteiger partial charge in [0.1, 0.15) is 5.82 Å². The minimum absolute atomic E-state index is 0.0457. The monoisotopic (exact) mass is 330 g/mol. The number of fused-ring (bicyclic) bond motifs is 1. The molecular weight excluding hydrogens is 324 g/mol. The molecule has 0 atom stereocenters. The number of benzene rings is 2. The lowest BCUT2D eigenvalue weighted by Crippen LogP contribution is -2.06. The number of nitrogens with one attached hydrogen (secondary N) is 1. The third-order valence-electron chi connectivity index (χ3n) is 3.02. The second-order valence-corrected chi connectivity index (χ2v) is 5.17. The van der Waals surface area contributed by atoms with E-state index in [-0.39, 0.29) is 16.4 Å². The van der Waals surface area contributed by atoms with E-state index in [1.54, 1.807) is 24.3 Å². The number of H-pyrrole nitrogens is 1. The van der Waals surface area contributed by atoms with Crippen LogP contribution < -0.4 is 0 Å². The first-order chi connectivity index (χ1) is 9.88. The Balaban J connectivity index is 2.26. The van der Waals surface area contributed by atoms with Gasteiger partial charge in [-0.2, -0.15) is 13.2 Å². The molecule has 0 fully saturated rings. The Morgan fingerprint density at radius 3 is 2.38 bits per heavy atom. The average Bonchev–Trinajstić information content (AvgIpc) is 2.80. The van der Waals surface area contributed by atoms with E-state index in [1.807, 2.05) is 0 Å². The lowest BCUT2D eigenvalue weighted by Gasteiger charge is -2.12. The largest absolute Gasteiger partial charge is 0.417 e. The first-order valence-corrected chi connectivity index (χ1v) is 6.64. The van der Waals surface area contributed by atoms with Crippen LogP contribution in [0.2, 0.25) is 10.0 Å². The van der Waals surface area contributed by atoms with Gasteiger partial charge < -0.3 is 4.98 Å². The standard InChI is InChI=1S/C14H7Cl2F3N2/c15-8-6-5-7(14(17,18)19)12(16)11(8)13-20-9-3-1-2-4-10(9)21-13/h1-6H,(H,20,21). The van der Waals surface area contributed by atoms with Gasteiger partial charge in [0.05, 0.1) is 32.2 Å². The van der Waals surface area contributed by atoms with Gasteiger partial charge in [-0.15, -0.1) is 0 Å². The lowest BCUT2D eigenvalue weighted by molar-refractivity contribution is -0.137. The number of hydrogen-bond acceptors (Lipinski definition) is 1. The predicted molar refractivity (Wildman–Crippen MR) is 76.6 cm³/mol. The summed E-state index contributed by atoms with van der Waals surface area (Å²) in [7, 11) is 0. The van der Waals surface area contributed by atoms with Gasteiger partial charge in [-0.25, -0.2) is 4.98 Å². The van der Waals surface area contributed by atoms with E-state index in [0.29, 0.717) is 11.0 Å². The van der Waals surface area contributed by atoms with Crippen molar-refractivity contribution in [2.24, 2.45) is 0 Å². The second-order valence-electron chi connectivity index (χ2n) is 4.38. The van der Waals surface area contributed by atoms with Crippen molar-refractivity contribution in [1.29, 1.82) is 0 Å². The Morgan fingerprint density at radius 1 is 1.00 bits per heavy atom. The molecule has 7 heteroatoms. The van der Waals surface area contributed by atoms with Crippen LogP contribution >= 0.6 is 23.2 Å². The fraction of sp³-hybridized carbons (Fsp3) is 0.0714. The van der Waals surface area contributed by atoms with E-state index in [9.17, 15) is 13.2 Å². The van der Waals surface area contributed by atoms with Crippen LogP contribution in [0.3, 0.4) is 0 Å². The molecule has 1 aromatic heterocycles. The van der Waals surface area contributed by atoms with Crippen molar-refractivity contribution >= 4 is 34.2 Å². The number of hydrogen-bond donors (Lipinski definition) is 1. The van der Waals surface area contributed by atoms with Gasteiger partial charge in [0, 0.05) is 0 Å². The van der Waals surface area contributed by atoms with E-state index in [4.69, 9.17) is 23.2 Å². The molecule has 0 saturated carbocycles. The Morgan fingerprint density at radius 2 is 1.71 bits per heavy atom. The third-order valence-corrected chi connectivity index (χ3v) is 3.73. The van der Waals surface area contributed by atoms with Crippen LogP contribution in [0, 0.1) is 0 Å². The molecule has 0 bridgehead atoms. The summed E-state index contributed by atoms with van der Waals surface area (Å²) in [5.74, 6) is 0.206. The van der Waals surface area contributed by atoms with Crippen molar-refractivity contribution in [2.75, 3.05) is 0 Å². The van der Waals surface area contributed by atoms with Crippen LogP contribution in [0.25, 0.3) is 22.4 Å². The van der Waals surface area contributed by atoms with Crippen LogP contribution in [-0.4, -0.2) is 9.97 Å². The van der Waals surface area contributed by atoms with Crippen LogP contribution in [0.15, 0.2) is 36.4 Å². The zero-order valence-electron chi connectivity index (χ0n) is 10.3. The average molecular weight is 331 g/mol. The molecular formula is C14H7Cl2F3N2. The van der Waals surface area contributed by atoms with Crippen LogP contribution in [-0.2, 0) is 6.18 Å². The summed E-state index contributed by atoms with van der Waals surface area (Å²) in [5.41, 5.74) is 0.419. The van der Waals surface area contributed by atoms with Crippen molar-refractivity contribution in [3.8, 4) is 11.4 Å². The van der Waals surface area contributed by atoms with E-state index in [0.717, 1.165) is 6.07 Å². The summed E-state index contributed by atoms with van der Waals surface area (Å²) in [5, 5.41) is -0.360. The molecule has 2 aromatic carbocycles. The quantitative estimate of drug-likeness (QED) is 0.622. The number of halogens is 5. The molecule has 1 heterocycles. The van der Waals surface area contributed by atoms with Crippen molar-refractivity contribution < 1.29 is 13.2 Å². The Bertz CT molecular complexity index is 792. The summed E-state index contributed by atoms with van der Waals surface area (Å²) >= 11 is 11.9. The SMILES string of the molecule is FC(F)(F)c1ccc(Cl)c(-c2nc3ccccc3[nH]2)c1Cl. The number of imidazole rings is 1. The molecule has 0 unspecified atom stereocenters. The molecule has 1 N–H and O–H groups in total. The van der Waals surface area contributed by atoms with Crippen molar-refractivity contribution in [3.63, 3.8) is 0 Å². The summed E-state index contributed by atoms with van der Waals surface area (Å²) in [6.07, 6.45) is -4.55. The highest BCUT2D eigenvalue weighted by Crippen LogP contribution is 2.42. The van der Waals surface area contributed by atoms with Crippen LogP contribution in [0.4, 0.5) is 13.2 Å². The minimum Gasteiger partial charge on any atom is -0.338 e. The first-order valence-electron chi connectivity index (χ1n) is 5.88. The van der Waals surface area contributed by atoms with Crippen LogP contribution in [0.1, 0.15) is 5.56 Å². The number of aromatic amines is 1. The van der Waals surface area contributed by atoms with Gasteiger partial charge in [-0.1, -0.05) is 35.3 Å². The second kappa shape index (κ2) is 4.93. The maximum absolute atomic E-state index is 12.9. The number of aromatic nitrogens is 2. The molecule has 108 valence electrons. The maximum atomic E-state index is 12.9. The molecule has 3 rings (SSSR count). The lowest BCUT2D eigenvalue weighted by atomic mass is 10.1.